The molecule has 0 spiro atoms. The molecular formula is C19H30N4O2. The van der Waals surface area contributed by atoms with Crippen LogP contribution in [0.3, 0.4) is 0 Å². The molecule has 4 rings (SSSR count). The first-order valence-corrected chi connectivity index (χ1v) is 9.93. The Morgan fingerprint density at radius 1 is 1.20 bits per heavy atom. The number of nitrogens with zero attached hydrogens (tertiary/aromatic N) is 3. The van der Waals surface area contributed by atoms with E-state index in [0.717, 1.165) is 57.4 Å². The lowest BCUT2D eigenvalue weighted by Gasteiger charge is -2.26. The fourth-order valence-corrected chi connectivity index (χ4v) is 4.45. The zero-order valence-electron chi connectivity index (χ0n) is 15.0. The van der Waals surface area contributed by atoms with Gasteiger partial charge in [0.15, 0.2) is 0 Å². The summed E-state index contributed by atoms with van der Waals surface area (Å²) in [5.74, 6) is 1.86. The number of carbonyl (C=O) groups is 1. The molecule has 1 amide bonds. The molecule has 0 radical (unpaired) electrons. The molecule has 6 heteroatoms. The molecule has 3 aliphatic rings. The predicted octanol–water partition coefficient (Wildman–Crippen LogP) is 2.37. The lowest BCUT2D eigenvalue weighted by molar-refractivity contribution is -0.117. The average Bonchev–Trinajstić information content (AvgIpc) is 3.35. The number of nitrogens with one attached hydrogen (secondary N) is 1. The van der Waals surface area contributed by atoms with Crippen LogP contribution < -0.4 is 5.32 Å². The van der Waals surface area contributed by atoms with Gasteiger partial charge in [-0.1, -0.05) is 32.1 Å². The summed E-state index contributed by atoms with van der Waals surface area (Å²) in [6.07, 6.45) is 11.6. The second-order valence-corrected chi connectivity index (χ2v) is 7.84. The van der Waals surface area contributed by atoms with Crippen molar-refractivity contribution in [3.05, 3.63) is 12.4 Å². The molecule has 1 aromatic heterocycles. The third kappa shape index (κ3) is 4.42. The van der Waals surface area contributed by atoms with Crippen molar-refractivity contribution in [1.82, 2.24) is 14.7 Å². The van der Waals surface area contributed by atoms with Gasteiger partial charge in [0.25, 0.3) is 0 Å². The first-order valence-electron chi connectivity index (χ1n) is 9.93. The highest BCUT2D eigenvalue weighted by Crippen LogP contribution is 2.49. The van der Waals surface area contributed by atoms with Gasteiger partial charge in [0.1, 0.15) is 0 Å². The Morgan fingerprint density at radius 2 is 2.00 bits per heavy atom. The Morgan fingerprint density at radius 3 is 2.80 bits per heavy atom. The molecule has 25 heavy (non-hydrogen) atoms. The van der Waals surface area contributed by atoms with Crippen LogP contribution in [0.4, 0.5) is 5.69 Å². The van der Waals surface area contributed by atoms with E-state index in [1.807, 2.05) is 10.9 Å². The highest BCUT2D eigenvalue weighted by Gasteiger charge is 2.47. The largest absolute Gasteiger partial charge is 0.379 e. The fraction of sp³-hybridized carbons (Fsp3) is 0.789. The molecule has 0 unspecified atom stereocenters. The van der Waals surface area contributed by atoms with Crippen molar-refractivity contribution in [3.63, 3.8) is 0 Å². The molecule has 2 aliphatic carbocycles. The maximum atomic E-state index is 12.5. The number of aromatic nitrogens is 2. The summed E-state index contributed by atoms with van der Waals surface area (Å²) in [4.78, 5) is 14.9. The van der Waals surface area contributed by atoms with Crippen LogP contribution in [-0.4, -0.2) is 53.4 Å². The molecule has 1 aromatic rings. The summed E-state index contributed by atoms with van der Waals surface area (Å²) < 4.78 is 7.30. The Labute approximate surface area is 149 Å². The highest BCUT2D eigenvalue weighted by molar-refractivity contribution is 5.94. The van der Waals surface area contributed by atoms with Crippen molar-refractivity contribution in [2.24, 2.45) is 17.8 Å². The first kappa shape index (κ1) is 17.0. The van der Waals surface area contributed by atoms with E-state index in [0.29, 0.717) is 5.92 Å². The number of ether oxygens (including phenoxy) is 1. The Balaban J connectivity index is 1.22. The molecule has 1 N–H and O–H groups in total. The second-order valence-electron chi connectivity index (χ2n) is 7.84. The third-order valence-electron chi connectivity index (χ3n) is 6.08. The topological polar surface area (TPSA) is 59.4 Å². The van der Waals surface area contributed by atoms with Gasteiger partial charge in [-0.15, -0.1) is 0 Å². The maximum absolute atomic E-state index is 12.5. The normalized spacial score (nSPS) is 28.0. The molecule has 1 aliphatic heterocycles. The van der Waals surface area contributed by atoms with E-state index in [4.69, 9.17) is 4.74 Å². The van der Waals surface area contributed by atoms with Crippen LogP contribution in [-0.2, 0) is 16.1 Å². The molecule has 2 saturated carbocycles. The van der Waals surface area contributed by atoms with Crippen LogP contribution in [0.2, 0.25) is 0 Å². The van der Waals surface area contributed by atoms with Crippen LogP contribution in [0.1, 0.15) is 38.5 Å². The van der Waals surface area contributed by atoms with Crippen LogP contribution in [0.15, 0.2) is 12.4 Å². The predicted molar refractivity (Wildman–Crippen MR) is 96.3 cm³/mol. The zero-order valence-corrected chi connectivity index (χ0v) is 15.0. The van der Waals surface area contributed by atoms with Crippen LogP contribution >= 0.6 is 0 Å². The van der Waals surface area contributed by atoms with Crippen LogP contribution in [0.25, 0.3) is 0 Å². The van der Waals surface area contributed by atoms with Gasteiger partial charge in [-0.25, -0.2) is 0 Å². The minimum atomic E-state index is 0.198. The number of rotatable bonds is 6. The van der Waals surface area contributed by atoms with Crippen molar-refractivity contribution in [2.75, 3.05) is 38.2 Å². The van der Waals surface area contributed by atoms with E-state index in [1.54, 1.807) is 6.20 Å². The number of anilines is 1. The molecule has 2 atom stereocenters. The summed E-state index contributed by atoms with van der Waals surface area (Å²) in [6, 6.07) is 0. The van der Waals surface area contributed by atoms with Crippen molar-refractivity contribution in [3.8, 4) is 0 Å². The summed E-state index contributed by atoms with van der Waals surface area (Å²) in [6.45, 7) is 5.47. The minimum Gasteiger partial charge on any atom is -0.379 e. The molecule has 0 aromatic carbocycles. The lowest BCUT2D eigenvalue weighted by atomic mass is 9.85. The minimum absolute atomic E-state index is 0.198. The second kappa shape index (κ2) is 7.87. The number of amides is 1. The Kier molecular flexibility index (Phi) is 5.36. The van der Waals surface area contributed by atoms with Crippen LogP contribution in [0.5, 0.6) is 0 Å². The summed E-state index contributed by atoms with van der Waals surface area (Å²) in [5.41, 5.74) is 0.835. The van der Waals surface area contributed by atoms with Gasteiger partial charge in [0, 0.05) is 31.7 Å². The zero-order chi connectivity index (χ0) is 17.1. The van der Waals surface area contributed by atoms with Gasteiger partial charge < -0.3 is 10.1 Å². The van der Waals surface area contributed by atoms with E-state index in [2.05, 4.69) is 15.3 Å². The van der Waals surface area contributed by atoms with Crippen molar-refractivity contribution < 1.29 is 9.53 Å². The lowest BCUT2D eigenvalue weighted by Crippen LogP contribution is -2.38. The van der Waals surface area contributed by atoms with Gasteiger partial charge >= 0.3 is 0 Å². The van der Waals surface area contributed by atoms with E-state index >= 15 is 0 Å². The summed E-state index contributed by atoms with van der Waals surface area (Å²) in [5, 5.41) is 7.46. The van der Waals surface area contributed by atoms with Gasteiger partial charge in [0.2, 0.25) is 5.91 Å². The number of morpholine rings is 1. The quantitative estimate of drug-likeness (QED) is 0.859. The standard InChI is InChI=1S/C19H30N4O2/c24-19(18-12-17(18)15-4-2-1-3-5-15)21-16-13-20-23(14-16)7-6-22-8-10-25-11-9-22/h13-15,17-18H,1-12H2,(H,21,24)/t17-,18-/m1/s1. The molecule has 138 valence electrons. The van der Waals surface area contributed by atoms with Crippen LogP contribution in [0, 0.1) is 17.8 Å². The maximum Gasteiger partial charge on any atom is 0.227 e. The van der Waals surface area contributed by atoms with E-state index in [-0.39, 0.29) is 11.8 Å². The van der Waals surface area contributed by atoms with E-state index in [9.17, 15) is 4.79 Å². The summed E-state index contributed by atoms with van der Waals surface area (Å²) >= 11 is 0. The molecular weight excluding hydrogens is 316 g/mol. The number of hydrogen-bond acceptors (Lipinski definition) is 4. The average molecular weight is 346 g/mol. The van der Waals surface area contributed by atoms with Gasteiger partial charge in [-0.3, -0.25) is 14.4 Å². The molecule has 3 fully saturated rings. The van der Waals surface area contributed by atoms with E-state index < -0.39 is 0 Å². The van der Waals surface area contributed by atoms with Crippen molar-refractivity contribution in [2.45, 2.75) is 45.1 Å². The highest BCUT2D eigenvalue weighted by atomic mass is 16.5. The monoisotopic (exact) mass is 346 g/mol. The van der Waals surface area contributed by atoms with Crippen molar-refractivity contribution >= 4 is 11.6 Å². The van der Waals surface area contributed by atoms with Gasteiger partial charge in [0.05, 0.1) is 31.6 Å². The van der Waals surface area contributed by atoms with Crippen molar-refractivity contribution in [1.29, 1.82) is 0 Å². The Hall–Kier alpha value is -1.40. The summed E-state index contributed by atoms with van der Waals surface area (Å²) in [7, 11) is 0. The molecule has 1 saturated heterocycles. The van der Waals surface area contributed by atoms with E-state index in [1.165, 1.54) is 32.1 Å². The molecule has 6 nitrogen and oxygen atoms in total. The number of carbonyl (C=O) groups excluding carboxylic acids is 1. The third-order valence-corrected chi connectivity index (χ3v) is 6.08. The van der Waals surface area contributed by atoms with Gasteiger partial charge in [-0.05, 0) is 18.3 Å². The number of hydrogen-bond donors (Lipinski definition) is 1. The smallest absolute Gasteiger partial charge is 0.227 e. The van der Waals surface area contributed by atoms with Gasteiger partial charge in [-0.2, -0.15) is 5.10 Å². The molecule has 2 heterocycles. The first-order chi connectivity index (χ1) is 12.3. The fourth-order valence-electron chi connectivity index (χ4n) is 4.45. The Bertz CT molecular complexity index is 576. The SMILES string of the molecule is O=C(Nc1cnn(CCN2CCOCC2)c1)[C@@H]1C[C@@H]1C1CCCCC1. The molecule has 0 bridgehead atoms.